The van der Waals surface area contributed by atoms with Crippen molar-refractivity contribution in [1.82, 2.24) is 4.31 Å². The number of anilines is 1. The van der Waals surface area contributed by atoms with Crippen molar-refractivity contribution in [2.45, 2.75) is 17.7 Å². The van der Waals surface area contributed by atoms with Crippen LogP contribution in [-0.2, 0) is 14.8 Å². The SMILES string of the molecule is COc1ccc(S(=O)(=O)N2CCCC(C(=O)Nc3ccc(F)cc3F)C2)cc1. The summed E-state index contributed by atoms with van der Waals surface area (Å²) < 4.78 is 58.8. The molecule has 0 radical (unpaired) electrons. The van der Waals surface area contributed by atoms with Crippen molar-refractivity contribution < 1.29 is 26.7 Å². The number of hydrogen-bond donors (Lipinski definition) is 1. The Morgan fingerprint density at radius 3 is 2.54 bits per heavy atom. The minimum absolute atomic E-state index is 0.0109. The van der Waals surface area contributed by atoms with Gasteiger partial charge in [-0.25, -0.2) is 17.2 Å². The number of rotatable bonds is 5. The van der Waals surface area contributed by atoms with E-state index in [0.29, 0.717) is 31.2 Å². The molecule has 6 nitrogen and oxygen atoms in total. The zero-order valence-corrected chi connectivity index (χ0v) is 16.0. The van der Waals surface area contributed by atoms with Crippen molar-refractivity contribution >= 4 is 21.6 Å². The van der Waals surface area contributed by atoms with Gasteiger partial charge in [0.2, 0.25) is 15.9 Å². The van der Waals surface area contributed by atoms with Crippen molar-refractivity contribution in [2.24, 2.45) is 5.92 Å². The minimum Gasteiger partial charge on any atom is -0.497 e. The number of halogens is 2. The summed E-state index contributed by atoms with van der Waals surface area (Å²) in [6.45, 7) is 0.284. The quantitative estimate of drug-likeness (QED) is 0.822. The Labute approximate surface area is 162 Å². The summed E-state index contributed by atoms with van der Waals surface area (Å²) >= 11 is 0. The number of nitrogens with zero attached hydrogens (tertiary/aromatic N) is 1. The molecule has 9 heteroatoms. The molecule has 0 bridgehead atoms. The second-order valence-corrected chi connectivity index (χ2v) is 8.43. The number of nitrogens with one attached hydrogen (secondary N) is 1. The summed E-state index contributed by atoms with van der Waals surface area (Å²) in [7, 11) is -2.28. The highest BCUT2D eigenvalue weighted by molar-refractivity contribution is 7.89. The number of carbonyl (C=O) groups excluding carboxylic acids is 1. The first-order chi connectivity index (χ1) is 13.3. The van der Waals surface area contributed by atoms with Crippen LogP contribution >= 0.6 is 0 Å². The molecular formula is C19H20F2N2O4S. The second-order valence-electron chi connectivity index (χ2n) is 6.49. The number of carbonyl (C=O) groups is 1. The molecule has 0 aromatic heterocycles. The maximum Gasteiger partial charge on any atom is 0.243 e. The molecule has 150 valence electrons. The van der Waals surface area contributed by atoms with E-state index < -0.39 is 33.5 Å². The standard InChI is InChI=1S/C19H20F2N2O4S/c1-27-15-5-7-16(8-6-15)28(25,26)23-10-2-3-13(12-23)19(24)22-18-9-4-14(20)11-17(18)21/h4-9,11,13H,2-3,10,12H2,1H3,(H,22,24). The summed E-state index contributed by atoms with van der Waals surface area (Å²) in [5, 5.41) is 2.42. The zero-order valence-electron chi connectivity index (χ0n) is 15.2. The largest absolute Gasteiger partial charge is 0.497 e. The van der Waals surface area contributed by atoms with Gasteiger partial charge in [-0.1, -0.05) is 0 Å². The third kappa shape index (κ3) is 4.31. The van der Waals surface area contributed by atoms with Crippen molar-refractivity contribution in [3.05, 3.63) is 54.1 Å². The topological polar surface area (TPSA) is 75.7 Å². The Morgan fingerprint density at radius 2 is 1.89 bits per heavy atom. The van der Waals surface area contributed by atoms with Crippen LogP contribution in [0.25, 0.3) is 0 Å². The molecule has 2 aromatic carbocycles. The smallest absolute Gasteiger partial charge is 0.243 e. The highest BCUT2D eigenvalue weighted by Gasteiger charge is 2.33. The number of methoxy groups -OCH3 is 1. The van der Waals surface area contributed by atoms with Gasteiger partial charge in [-0.05, 0) is 49.2 Å². The van der Waals surface area contributed by atoms with Gasteiger partial charge in [0.15, 0.2) is 0 Å². The number of sulfonamides is 1. The lowest BCUT2D eigenvalue weighted by Gasteiger charge is -2.31. The van der Waals surface area contributed by atoms with Gasteiger partial charge in [0.1, 0.15) is 17.4 Å². The molecule has 1 fully saturated rings. The van der Waals surface area contributed by atoms with Crippen LogP contribution in [0.15, 0.2) is 47.4 Å². The van der Waals surface area contributed by atoms with Gasteiger partial charge in [-0.3, -0.25) is 4.79 Å². The van der Waals surface area contributed by atoms with E-state index in [4.69, 9.17) is 4.74 Å². The first-order valence-electron chi connectivity index (χ1n) is 8.71. The lowest BCUT2D eigenvalue weighted by Crippen LogP contribution is -2.43. The van der Waals surface area contributed by atoms with Crippen molar-refractivity contribution in [1.29, 1.82) is 0 Å². The van der Waals surface area contributed by atoms with E-state index in [0.717, 1.165) is 12.1 Å². The molecule has 1 atom stereocenters. The molecule has 0 saturated carbocycles. The highest BCUT2D eigenvalue weighted by Crippen LogP contribution is 2.26. The normalized spacial score (nSPS) is 17.9. The van der Waals surface area contributed by atoms with Crippen molar-refractivity contribution in [3.63, 3.8) is 0 Å². The fourth-order valence-electron chi connectivity index (χ4n) is 3.10. The zero-order chi connectivity index (χ0) is 20.3. The summed E-state index contributed by atoms with van der Waals surface area (Å²) in [4.78, 5) is 12.6. The first kappa shape index (κ1) is 20.2. The lowest BCUT2D eigenvalue weighted by atomic mass is 9.98. The van der Waals surface area contributed by atoms with Crippen LogP contribution in [0.5, 0.6) is 5.75 Å². The maximum absolute atomic E-state index is 13.8. The minimum atomic E-state index is -3.77. The van der Waals surface area contributed by atoms with Crippen LogP contribution in [-0.4, -0.2) is 38.8 Å². The number of ether oxygens (including phenoxy) is 1. The van der Waals surface area contributed by atoms with E-state index in [-0.39, 0.29) is 17.1 Å². The van der Waals surface area contributed by atoms with E-state index in [2.05, 4.69) is 5.32 Å². The van der Waals surface area contributed by atoms with E-state index in [1.165, 1.54) is 23.5 Å². The third-order valence-electron chi connectivity index (χ3n) is 4.64. The summed E-state index contributed by atoms with van der Waals surface area (Å²) in [5.74, 6) is -2.22. The van der Waals surface area contributed by atoms with Gasteiger partial charge < -0.3 is 10.1 Å². The second kappa shape index (κ2) is 8.24. The Morgan fingerprint density at radius 1 is 1.18 bits per heavy atom. The van der Waals surface area contributed by atoms with Gasteiger partial charge in [-0.15, -0.1) is 0 Å². The monoisotopic (exact) mass is 410 g/mol. The molecule has 3 rings (SSSR count). The van der Waals surface area contributed by atoms with Crippen LogP contribution in [0.4, 0.5) is 14.5 Å². The Balaban J connectivity index is 1.72. The molecule has 0 spiro atoms. The summed E-state index contributed by atoms with van der Waals surface area (Å²) in [6.07, 6.45) is 0.975. The average Bonchev–Trinajstić information content (AvgIpc) is 2.70. The first-order valence-corrected chi connectivity index (χ1v) is 10.2. The predicted molar refractivity (Wildman–Crippen MR) is 99.5 cm³/mol. The fourth-order valence-corrected chi connectivity index (χ4v) is 4.62. The van der Waals surface area contributed by atoms with Gasteiger partial charge >= 0.3 is 0 Å². The van der Waals surface area contributed by atoms with Crippen LogP contribution in [0, 0.1) is 17.6 Å². The molecule has 1 aliphatic heterocycles. The van der Waals surface area contributed by atoms with Crippen LogP contribution in [0.3, 0.4) is 0 Å². The van der Waals surface area contributed by atoms with E-state index in [9.17, 15) is 22.0 Å². The molecule has 1 unspecified atom stereocenters. The van der Waals surface area contributed by atoms with Gasteiger partial charge in [0, 0.05) is 19.2 Å². The highest BCUT2D eigenvalue weighted by atomic mass is 32.2. The molecule has 1 aliphatic rings. The molecule has 1 saturated heterocycles. The van der Waals surface area contributed by atoms with Crippen LogP contribution in [0.2, 0.25) is 0 Å². The average molecular weight is 410 g/mol. The molecular weight excluding hydrogens is 390 g/mol. The maximum atomic E-state index is 13.8. The Hall–Kier alpha value is -2.52. The number of benzene rings is 2. The molecule has 1 N–H and O–H groups in total. The molecule has 2 aromatic rings. The molecule has 0 aliphatic carbocycles. The number of hydrogen-bond acceptors (Lipinski definition) is 4. The van der Waals surface area contributed by atoms with E-state index in [1.54, 1.807) is 12.1 Å². The molecule has 28 heavy (non-hydrogen) atoms. The third-order valence-corrected chi connectivity index (χ3v) is 6.52. The lowest BCUT2D eigenvalue weighted by molar-refractivity contribution is -0.120. The summed E-state index contributed by atoms with van der Waals surface area (Å²) in [6, 6.07) is 8.86. The Kier molecular flexibility index (Phi) is 5.95. The van der Waals surface area contributed by atoms with Gasteiger partial charge in [0.05, 0.1) is 23.6 Å². The Bertz CT molecular complexity index is 964. The van der Waals surface area contributed by atoms with Crippen molar-refractivity contribution in [2.75, 3.05) is 25.5 Å². The summed E-state index contributed by atoms with van der Waals surface area (Å²) in [5.41, 5.74) is -0.137. The van der Waals surface area contributed by atoms with Crippen LogP contribution < -0.4 is 10.1 Å². The van der Waals surface area contributed by atoms with E-state index in [1.807, 2.05) is 0 Å². The molecule has 1 amide bonds. The van der Waals surface area contributed by atoms with Crippen molar-refractivity contribution in [3.8, 4) is 5.75 Å². The molecule has 1 heterocycles. The predicted octanol–water partition coefficient (Wildman–Crippen LogP) is 3.01. The van der Waals surface area contributed by atoms with Gasteiger partial charge in [0.25, 0.3) is 0 Å². The fraction of sp³-hybridized carbons (Fsp3) is 0.316. The van der Waals surface area contributed by atoms with E-state index >= 15 is 0 Å². The van der Waals surface area contributed by atoms with Gasteiger partial charge in [-0.2, -0.15) is 4.31 Å². The number of amides is 1. The van der Waals surface area contributed by atoms with Crippen LogP contribution in [0.1, 0.15) is 12.8 Å². The number of piperidine rings is 1.